The second-order valence-electron chi connectivity index (χ2n) is 5.85. The topological polar surface area (TPSA) is 71.5 Å². The van der Waals surface area contributed by atoms with Crippen LogP contribution >= 0.6 is 11.3 Å². The van der Waals surface area contributed by atoms with Gasteiger partial charge in [0, 0.05) is 5.56 Å². The quantitative estimate of drug-likeness (QED) is 0.535. The Labute approximate surface area is 173 Å². The molecule has 3 aromatic rings. The molecule has 0 aliphatic heterocycles. The van der Waals surface area contributed by atoms with Gasteiger partial charge in [-0.2, -0.15) is 0 Å². The number of thiazole rings is 1. The standard InChI is InChI=1S/C23H19NO4S/c1-3-14-28-18-12-10-16(15-19(18)27-4-2)11-13-20-24-21(22(29-20)23(25)26)17-8-6-5-7-9-17/h1,5-13,15H,4,14H2,2H3,(H,25,26)/p-1/b13-11+. The van der Waals surface area contributed by atoms with Gasteiger partial charge in [-0.25, -0.2) is 4.98 Å². The summed E-state index contributed by atoms with van der Waals surface area (Å²) in [6.07, 6.45) is 8.83. The molecule has 146 valence electrons. The van der Waals surface area contributed by atoms with Gasteiger partial charge in [0.1, 0.15) is 11.6 Å². The largest absolute Gasteiger partial charge is 0.544 e. The summed E-state index contributed by atoms with van der Waals surface area (Å²) in [5, 5.41) is 12.1. The third kappa shape index (κ3) is 5.03. The minimum Gasteiger partial charge on any atom is -0.544 e. The molecule has 1 aromatic heterocycles. The number of hydrogen-bond donors (Lipinski definition) is 0. The van der Waals surface area contributed by atoms with E-state index in [4.69, 9.17) is 15.9 Å². The molecule has 0 bridgehead atoms. The highest BCUT2D eigenvalue weighted by atomic mass is 32.1. The van der Waals surface area contributed by atoms with Gasteiger partial charge in [0.25, 0.3) is 0 Å². The van der Waals surface area contributed by atoms with Gasteiger partial charge in [-0.3, -0.25) is 0 Å². The van der Waals surface area contributed by atoms with Gasteiger partial charge in [0.2, 0.25) is 0 Å². The van der Waals surface area contributed by atoms with Crippen molar-refractivity contribution in [3.05, 3.63) is 64.0 Å². The van der Waals surface area contributed by atoms with Crippen molar-refractivity contribution in [2.75, 3.05) is 13.2 Å². The maximum Gasteiger partial charge on any atom is 0.162 e. The number of carboxylic acids is 1. The molecule has 0 amide bonds. The molecule has 0 aliphatic carbocycles. The van der Waals surface area contributed by atoms with E-state index in [2.05, 4.69) is 10.9 Å². The van der Waals surface area contributed by atoms with Crippen LogP contribution < -0.4 is 14.6 Å². The Morgan fingerprint density at radius 3 is 2.66 bits per heavy atom. The fourth-order valence-electron chi connectivity index (χ4n) is 2.64. The van der Waals surface area contributed by atoms with Gasteiger partial charge < -0.3 is 19.4 Å². The first-order valence-electron chi connectivity index (χ1n) is 8.91. The van der Waals surface area contributed by atoms with E-state index < -0.39 is 5.97 Å². The molecule has 29 heavy (non-hydrogen) atoms. The van der Waals surface area contributed by atoms with Crippen LogP contribution in [0.3, 0.4) is 0 Å². The van der Waals surface area contributed by atoms with E-state index >= 15 is 0 Å². The van der Waals surface area contributed by atoms with E-state index in [-0.39, 0.29) is 11.5 Å². The second kappa shape index (κ2) is 9.58. The number of terminal acetylenes is 1. The maximum absolute atomic E-state index is 11.5. The summed E-state index contributed by atoms with van der Waals surface area (Å²) < 4.78 is 11.1. The van der Waals surface area contributed by atoms with Crippen LogP contribution in [0.1, 0.15) is 27.2 Å². The fraction of sp³-hybridized carbons (Fsp3) is 0.130. The molecule has 0 spiro atoms. The normalized spacial score (nSPS) is 10.6. The van der Waals surface area contributed by atoms with Crippen LogP contribution in [0, 0.1) is 12.3 Å². The molecule has 0 unspecified atom stereocenters. The molecule has 1 heterocycles. The van der Waals surface area contributed by atoms with Gasteiger partial charge in [0.05, 0.1) is 23.1 Å². The average Bonchev–Trinajstić information content (AvgIpc) is 3.17. The number of nitrogens with zero attached hydrogens (tertiary/aromatic N) is 1. The molecule has 3 rings (SSSR count). The molecule has 0 saturated carbocycles. The van der Waals surface area contributed by atoms with Crippen LogP contribution in [0.2, 0.25) is 0 Å². The average molecular weight is 404 g/mol. The third-order valence-electron chi connectivity index (χ3n) is 3.87. The first kappa shape index (κ1) is 20.2. The van der Waals surface area contributed by atoms with Crippen LogP contribution in [-0.4, -0.2) is 24.2 Å². The molecule has 0 fully saturated rings. The Hall–Kier alpha value is -3.56. The van der Waals surface area contributed by atoms with Crippen molar-refractivity contribution in [3.63, 3.8) is 0 Å². The number of hydrogen-bond acceptors (Lipinski definition) is 6. The smallest absolute Gasteiger partial charge is 0.162 e. The lowest BCUT2D eigenvalue weighted by Gasteiger charge is -2.10. The monoisotopic (exact) mass is 404 g/mol. The minimum absolute atomic E-state index is 0.101. The highest BCUT2D eigenvalue weighted by Crippen LogP contribution is 2.31. The molecule has 0 saturated heterocycles. The van der Waals surface area contributed by atoms with Gasteiger partial charge in [-0.05, 0) is 30.7 Å². The summed E-state index contributed by atoms with van der Waals surface area (Å²) in [4.78, 5) is 16.1. The lowest BCUT2D eigenvalue weighted by Crippen LogP contribution is -2.21. The Morgan fingerprint density at radius 1 is 1.17 bits per heavy atom. The van der Waals surface area contributed by atoms with E-state index in [1.807, 2.05) is 55.5 Å². The second-order valence-corrected chi connectivity index (χ2v) is 6.88. The Morgan fingerprint density at radius 2 is 1.97 bits per heavy atom. The lowest BCUT2D eigenvalue weighted by atomic mass is 10.1. The first-order chi connectivity index (χ1) is 14.1. The Bertz CT molecular complexity index is 1060. The zero-order chi connectivity index (χ0) is 20.6. The molecule has 5 nitrogen and oxygen atoms in total. The zero-order valence-electron chi connectivity index (χ0n) is 15.8. The van der Waals surface area contributed by atoms with E-state index in [1.54, 1.807) is 12.1 Å². The number of carboxylic acid groups (broad SMARTS) is 1. The third-order valence-corrected chi connectivity index (χ3v) is 4.87. The van der Waals surface area contributed by atoms with Crippen molar-refractivity contribution in [2.24, 2.45) is 0 Å². The van der Waals surface area contributed by atoms with Crippen molar-refractivity contribution < 1.29 is 19.4 Å². The number of ether oxygens (including phenoxy) is 2. The number of rotatable bonds is 8. The zero-order valence-corrected chi connectivity index (χ0v) is 16.6. The van der Waals surface area contributed by atoms with Crippen molar-refractivity contribution >= 4 is 29.5 Å². The Balaban J connectivity index is 1.89. The highest BCUT2D eigenvalue weighted by Gasteiger charge is 2.13. The predicted octanol–water partition coefficient (Wildman–Crippen LogP) is 3.75. The Kier molecular flexibility index (Phi) is 6.67. The number of carbonyl (C=O) groups excluding carboxylic acids is 1. The summed E-state index contributed by atoms with van der Waals surface area (Å²) in [6.45, 7) is 2.53. The van der Waals surface area contributed by atoms with Gasteiger partial charge in [0.15, 0.2) is 11.5 Å². The van der Waals surface area contributed by atoms with Gasteiger partial charge >= 0.3 is 0 Å². The van der Waals surface area contributed by atoms with E-state index in [0.717, 1.165) is 22.5 Å². The molecule has 2 aromatic carbocycles. The SMILES string of the molecule is C#CCOc1ccc(/C=C/c2nc(-c3ccccc3)c(C(=O)[O-])s2)cc1OCC. The van der Waals surface area contributed by atoms with Gasteiger partial charge in [-0.15, -0.1) is 17.8 Å². The first-order valence-corrected chi connectivity index (χ1v) is 9.72. The molecule has 0 radical (unpaired) electrons. The van der Waals surface area contributed by atoms with E-state index in [1.165, 1.54) is 0 Å². The van der Waals surface area contributed by atoms with Crippen LogP contribution in [0.5, 0.6) is 11.5 Å². The summed E-state index contributed by atoms with van der Waals surface area (Å²) in [7, 11) is 0. The summed E-state index contributed by atoms with van der Waals surface area (Å²) in [5.41, 5.74) is 1.99. The number of benzene rings is 2. The summed E-state index contributed by atoms with van der Waals surface area (Å²) in [5.74, 6) is 2.34. The van der Waals surface area contributed by atoms with E-state index in [0.29, 0.717) is 28.8 Å². The van der Waals surface area contributed by atoms with Crippen molar-refractivity contribution in [3.8, 4) is 35.1 Å². The summed E-state index contributed by atoms with van der Waals surface area (Å²) >= 11 is 1.07. The molecular formula is C23H18NO4S-. The minimum atomic E-state index is -1.24. The molecule has 0 atom stereocenters. The molecule has 6 heteroatoms. The summed E-state index contributed by atoms with van der Waals surface area (Å²) in [6, 6.07) is 14.6. The molecule has 0 N–H and O–H groups in total. The van der Waals surface area contributed by atoms with Crippen molar-refractivity contribution in [2.45, 2.75) is 6.92 Å². The van der Waals surface area contributed by atoms with Crippen LogP contribution in [0.4, 0.5) is 0 Å². The van der Waals surface area contributed by atoms with E-state index in [9.17, 15) is 9.90 Å². The van der Waals surface area contributed by atoms with Crippen molar-refractivity contribution in [1.29, 1.82) is 0 Å². The molecular weight excluding hydrogens is 386 g/mol. The number of aromatic nitrogens is 1. The highest BCUT2D eigenvalue weighted by molar-refractivity contribution is 7.14. The van der Waals surface area contributed by atoms with Crippen molar-refractivity contribution in [1.82, 2.24) is 4.98 Å². The maximum atomic E-state index is 11.5. The van der Waals surface area contributed by atoms with Crippen LogP contribution in [-0.2, 0) is 0 Å². The van der Waals surface area contributed by atoms with Crippen LogP contribution in [0.25, 0.3) is 23.4 Å². The molecule has 0 aliphatic rings. The number of carbonyl (C=O) groups is 1. The van der Waals surface area contributed by atoms with Crippen LogP contribution in [0.15, 0.2) is 48.5 Å². The number of aromatic carboxylic acids is 1. The predicted molar refractivity (Wildman–Crippen MR) is 113 cm³/mol. The lowest BCUT2D eigenvalue weighted by molar-refractivity contribution is -0.254. The van der Waals surface area contributed by atoms with Gasteiger partial charge in [-0.1, -0.05) is 48.4 Å². The fourth-order valence-corrected chi connectivity index (χ4v) is 3.47.